The van der Waals surface area contributed by atoms with Gasteiger partial charge in [-0.05, 0) is 51.1 Å². The van der Waals surface area contributed by atoms with Crippen molar-refractivity contribution in [3.8, 4) is 5.75 Å². The van der Waals surface area contributed by atoms with Gasteiger partial charge >= 0.3 is 18.5 Å². The highest BCUT2D eigenvalue weighted by Crippen LogP contribution is 2.44. The Morgan fingerprint density at radius 2 is 1.70 bits per heavy atom. The van der Waals surface area contributed by atoms with E-state index in [4.69, 9.17) is 4.74 Å². The molecule has 0 N–H and O–H groups in total. The number of hydrogen-bond acceptors (Lipinski definition) is 8. The fourth-order valence-electron chi connectivity index (χ4n) is 6.30. The molecule has 1 aromatic heterocycles. The van der Waals surface area contributed by atoms with Gasteiger partial charge in [-0.25, -0.2) is 9.78 Å². The number of halogens is 6. The predicted molar refractivity (Wildman–Crippen MR) is 161 cm³/mol. The van der Waals surface area contributed by atoms with Gasteiger partial charge in [0.1, 0.15) is 35.4 Å². The molecule has 0 unspecified atom stereocenters. The Morgan fingerprint density at radius 1 is 0.979 bits per heavy atom. The van der Waals surface area contributed by atoms with E-state index in [0.717, 1.165) is 30.0 Å². The maximum absolute atomic E-state index is 13.8. The van der Waals surface area contributed by atoms with E-state index in [1.807, 2.05) is 11.2 Å². The Bertz CT molecular complexity index is 1700. The number of amides is 1. The third-order valence-corrected chi connectivity index (χ3v) is 9.21. The number of anilines is 1. The van der Waals surface area contributed by atoms with E-state index in [9.17, 15) is 35.9 Å². The van der Waals surface area contributed by atoms with Gasteiger partial charge in [-0.1, -0.05) is 0 Å². The van der Waals surface area contributed by atoms with Crippen molar-refractivity contribution in [2.24, 2.45) is 0 Å². The van der Waals surface area contributed by atoms with Crippen molar-refractivity contribution in [2.75, 3.05) is 55.8 Å². The van der Waals surface area contributed by atoms with Crippen molar-refractivity contribution in [3.63, 3.8) is 0 Å². The number of rotatable bonds is 5. The normalized spacial score (nSPS) is 22.3. The van der Waals surface area contributed by atoms with Gasteiger partial charge in [0.05, 0.1) is 30.1 Å². The van der Waals surface area contributed by atoms with Crippen LogP contribution >= 0.6 is 11.8 Å². The van der Waals surface area contributed by atoms with Gasteiger partial charge in [0, 0.05) is 42.5 Å². The van der Waals surface area contributed by atoms with Crippen molar-refractivity contribution in [1.82, 2.24) is 14.9 Å². The second-order valence-electron chi connectivity index (χ2n) is 12.5. The number of esters is 1. The third kappa shape index (κ3) is 6.54. The van der Waals surface area contributed by atoms with Gasteiger partial charge in [0.2, 0.25) is 0 Å². The second-order valence-corrected chi connectivity index (χ2v) is 13.6. The topological polar surface area (TPSA) is 75.2 Å². The lowest BCUT2D eigenvalue weighted by molar-refractivity contribution is -0.948. The number of benzene rings is 1. The summed E-state index contributed by atoms with van der Waals surface area (Å²) in [4.78, 5) is 34.4. The van der Waals surface area contributed by atoms with Gasteiger partial charge in [-0.2, -0.15) is 17.8 Å². The first-order valence-corrected chi connectivity index (χ1v) is 16.0. The predicted octanol–water partition coefficient (Wildman–Crippen LogP) is 5.60. The average molecular weight is 685 g/mol. The number of allylic oxidation sites excluding steroid dienone is 2. The number of aromatic nitrogens is 1. The molecule has 2 aromatic rings. The molecule has 1 aromatic carbocycles. The molecule has 2 saturated heterocycles. The summed E-state index contributed by atoms with van der Waals surface area (Å²) in [5.74, 6) is -0.133. The molecular formula is C31H32F6N5O4S+. The SMILES string of the molecule is CC(C)(C)OC(=O)C1=C(C(=O)N2CCSC2)C[N@+]2(N3CCN(c4cc(C(F)(F)F)nc5ccc(OC(F)(F)F)cc45)CC3)C=CC=C12. The summed E-state index contributed by atoms with van der Waals surface area (Å²) in [5, 5.41) is 2.11. The highest BCUT2D eigenvalue weighted by Gasteiger charge is 2.55. The van der Waals surface area contributed by atoms with Gasteiger partial charge in [0.15, 0.2) is 5.70 Å². The van der Waals surface area contributed by atoms with E-state index in [1.165, 1.54) is 0 Å². The van der Waals surface area contributed by atoms with Crippen molar-refractivity contribution < 1.29 is 50.0 Å². The molecule has 9 nitrogen and oxygen atoms in total. The molecule has 0 saturated carbocycles. The van der Waals surface area contributed by atoms with Gasteiger partial charge < -0.3 is 19.3 Å². The van der Waals surface area contributed by atoms with E-state index in [0.29, 0.717) is 23.7 Å². The van der Waals surface area contributed by atoms with Crippen LogP contribution < -0.4 is 9.64 Å². The van der Waals surface area contributed by atoms with E-state index < -0.39 is 35.6 Å². The number of pyridine rings is 1. The van der Waals surface area contributed by atoms with Crippen LogP contribution in [0.25, 0.3) is 10.9 Å². The monoisotopic (exact) mass is 684 g/mol. The minimum atomic E-state index is -4.99. The zero-order chi connectivity index (χ0) is 33.9. The average Bonchev–Trinajstić information content (AvgIpc) is 3.71. The smallest absolute Gasteiger partial charge is 0.456 e. The lowest BCUT2D eigenvalue weighted by Crippen LogP contribution is -2.60. The molecule has 2 fully saturated rings. The minimum absolute atomic E-state index is 0.0406. The Balaban J connectivity index is 1.31. The fraction of sp³-hybridized carbons (Fsp3) is 0.452. The summed E-state index contributed by atoms with van der Waals surface area (Å²) in [7, 11) is 0. The van der Waals surface area contributed by atoms with Crippen LogP contribution in [0.5, 0.6) is 5.75 Å². The molecule has 0 spiro atoms. The molecule has 252 valence electrons. The highest BCUT2D eigenvalue weighted by atomic mass is 32.2. The van der Waals surface area contributed by atoms with Crippen LogP contribution in [-0.4, -0.2) is 94.2 Å². The molecule has 1 amide bonds. The first-order chi connectivity index (χ1) is 22.0. The highest BCUT2D eigenvalue weighted by molar-refractivity contribution is 7.99. The molecule has 6 rings (SSSR count). The van der Waals surface area contributed by atoms with Gasteiger partial charge in [-0.3, -0.25) is 4.79 Å². The zero-order valence-electron chi connectivity index (χ0n) is 25.7. The number of nitrogens with zero attached hydrogens (tertiary/aromatic N) is 5. The summed E-state index contributed by atoms with van der Waals surface area (Å²) in [6.07, 6.45) is -4.33. The lowest BCUT2D eigenvalue weighted by atomic mass is 10.1. The molecule has 5 heterocycles. The standard InChI is InChI=1S/C31H32F6N5O4S/c1-29(2,3)46-28(44)26-21(27(43)40-12-14-47-18-40)17-42(13-4-5-24(26)42)41-10-8-39(9-11-41)23-16-25(30(32,33)34)38-22-7-6-19(15-20(22)23)45-31(35,36)37/h4-7,13,15-16H,8-12,14,17-18H2,1-3H3/q+1/t42-/m1/s1. The number of piperazine rings is 1. The Morgan fingerprint density at radius 3 is 2.32 bits per heavy atom. The van der Waals surface area contributed by atoms with Crippen LogP contribution in [0.3, 0.4) is 0 Å². The second kappa shape index (κ2) is 11.7. The maximum Gasteiger partial charge on any atom is 0.573 e. The number of hydrogen-bond donors (Lipinski definition) is 0. The zero-order valence-corrected chi connectivity index (χ0v) is 26.6. The summed E-state index contributed by atoms with van der Waals surface area (Å²) in [6, 6.07) is 3.87. The summed E-state index contributed by atoms with van der Waals surface area (Å²) < 4.78 is 90.2. The molecule has 0 radical (unpaired) electrons. The van der Waals surface area contributed by atoms with Crippen LogP contribution in [0, 0.1) is 0 Å². The van der Waals surface area contributed by atoms with E-state index in [1.54, 1.807) is 54.5 Å². The lowest BCUT2D eigenvalue weighted by Gasteiger charge is -2.44. The van der Waals surface area contributed by atoms with Crippen LogP contribution in [0.2, 0.25) is 0 Å². The summed E-state index contributed by atoms with van der Waals surface area (Å²) >= 11 is 1.62. The molecule has 4 aliphatic rings. The number of fused-ring (bicyclic) bond motifs is 2. The molecule has 0 aliphatic carbocycles. The number of ether oxygens (including phenoxy) is 2. The molecule has 1 atom stereocenters. The molecule has 16 heteroatoms. The Hall–Kier alpha value is -3.76. The van der Waals surface area contributed by atoms with Gasteiger partial charge in [0.25, 0.3) is 5.91 Å². The molecular weight excluding hydrogens is 652 g/mol. The minimum Gasteiger partial charge on any atom is -0.456 e. The first kappa shape index (κ1) is 33.2. The quantitative estimate of drug-likeness (QED) is 0.229. The largest absolute Gasteiger partial charge is 0.573 e. The number of quaternary nitrogens is 1. The van der Waals surface area contributed by atoms with E-state index in [-0.39, 0.29) is 65.4 Å². The molecule has 4 aliphatic heterocycles. The molecule has 47 heavy (non-hydrogen) atoms. The van der Waals surface area contributed by atoms with Crippen LogP contribution in [-0.2, 0) is 20.5 Å². The van der Waals surface area contributed by atoms with Crippen molar-refractivity contribution in [2.45, 2.75) is 38.9 Å². The van der Waals surface area contributed by atoms with Crippen molar-refractivity contribution >= 4 is 40.2 Å². The van der Waals surface area contributed by atoms with Crippen LogP contribution in [0.15, 0.2) is 59.5 Å². The van der Waals surface area contributed by atoms with E-state index >= 15 is 0 Å². The fourth-order valence-corrected chi connectivity index (χ4v) is 7.25. The van der Waals surface area contributed by atoms with E-state index in [2.05, 4.69) is 9.72 Å². The van der Waals surface area contributed by atoms with Crippen molar-refractivity contribution in [3.05, 3.63) is 65.2 Å². The number of carbonyl (C=O) groups is 2. The maximum atomic E-state index is 13.8. The third-order valence-electron chi connectivity index (χ3n) is 8.25. The van der Waals surface area contributed by atoms with Crippen molar-refractivity contribution in [1.29, 1.82) is 0 Å². The van der Waals surface area contributed by atoms with Crippen LogP contribution in [0.4, 0.5) is 32.0 Å². The number of thioether (sulfide) groups is 1. The first-order valence-electron chi connectivity index (χ1n) is 14.9. The molecule has 0 bridgehead atoms. The number of carbonyl (C=O) groups excluding carboxylic acids is 2. The van der Waals surface area contributed by atoms with Gasteiger partial charge in [-0.15, -0.1) is 29.9 Å². The number of alkyl halides is 6. The summed E-state index contributed by atoms with van der Waals surface area (Å²) in [5.41, 5.74) is -0.922. The summed E-state index contributed by atoms with van der Waals surface area (Å²) in [6.45, 7) is 6.89. The Kier molecular flexibility index (Phi) is 8.28. The Labute approximate surface area is 270 Å². The van der Waals surface area contributed by atoms with Crippen LogP contribution in [0.1, 0.15) is 26.5 Å².